The molecule has 0 unspecified atom stereocenters. The van der Waals surface area contributed by atoms with Crippen LogP contribution in [0.25, 0.3) is 0 Å². The van der Waals surface area contributed by atoms with Gasteiger partial charge in [0.2, 0.25) is 0 Å². The van der Waals surface area contributed by atoms with E-state index in [9.17, 15) is 14.4 Å². The van der Waals surface area contributed by atoms with E-state index in [1.54, 1.807) is 45.0 Å². The van der Waals surface area contributed by atoms with E-state index in [0.29, 0.717) is 29.4 Å². The summed E-state index contributed by atoms with van der Waals surface area (Å²) in [4.78, 5) is 37.6. The number of carbonyl (C=O) groups is 3. The highest BCUT2D eigenvalue weighted by Crippen LogP contribution is 2.34. The normalized spacial score (nSPS) is 10.6. The van der Waals surface area contributed by atoms with Crippen molar-refractivity contribution in [3.63, 3.8) is 0 Å². The Hall–Kier alpha value is -2.87. The van der Waals surface area contributed by atoms with Gasteiger partial charge in [-0.15, -0.1) is 11.3 Å². The van der Waals surface area contributed by atoms with Gasteiger partial charge in [0.05, 0.1) is 25.4 Å². The zero-order valence-corrected chi connectivity index (χ0v) is 18.7. The van der Waals surface area contributed by atoms with E-state index >= 15 is 0 Å². The molecule has 7 nitrogen and oxygen atoms in total. The van der Waals surface area contributed by atoms with Crippen LogP contribution in [0.3, 0.4) is 0 Å². The van der Waals surface area contributed by atoms with Crippen LogP contribution in [0.4, 0.5) is 5.00 Å². The number of rotatable bonds is 9. The van der Waals surface area contributed by atoms with E-state index < -0.39 is 17.8 Å². The molecule has 0 saturated heterocycles. The van der Waals surface area contributed by atoms with Crippen LogP contribution in [-0.2, 0) is 9.47 Å². The van der Waals surface area contributed by atoms with Crippen molar-refractivity contribution in [2.45, 2.75) is 34.6 Å². The summed E-state index contributed by atoms with van der Waals surface area (Å²) in [6, 6.07) is 6.71. The lowest BCUT2D eigenvalue weighted by Crippen LogP contribution is -2.15. The van der Waals surface area contributed by atoms with Crippen LogP contribution in [0.5, 0.6) is 5.75 Å². The van der Waals surface area contributed by atoms with Gasteiger partial charge in [-0.3, -0.25) is 4.79 Å². The molecule has 1 amide bonds. The summed E-state index contributed by atoms with van der Waals surface area (Å²) in [6.45, 7) is 10.1. The number of hydrogen-bond acceptors (Lipinski definition) is 7. The van der Waals surface area contributed by atoms with E-state index in [1.165, 1.54) is 0 Å². The zero-order valence-electron chi connectivity index (χ0n) is 17.9. The van der Waals surface area contributed by atoms with E-state index in [-0.39, 0.29) is 28.7 Å². The molecule has 2 aromatic rings. The lowest BCUT2D eigenvalue weighted by Gasteiger charge is -2.10. The first-order chi connectivity index (χ1) is 14.3. The third-order valence-corrected chi connectivity index (χ3v) is 5.20. The van der Waals surface area contributed by atoms with E-state index in [0.717, 1.165) is 11.3 Å². The second-order valence-electron chi connectivity index (χ2n) is 6.88. The van der Waals surface area contributed by atoms with Gasteiger partial charge in [-0.1, -0.05) is 13.8 Å². The van der Waals surface area contributed by atoms with Gasteiger partial charge in [0.25, 0.3) is 5.91 Å². The lowest BCUT2D eigenvalue weighted by atomic mass is 10.1. The summed E-state index contributed by atoms with van der Waals surface area (Å²) in [5.74, 6) is -0.492. The molecular weight excluding hydrogens is 406 g/mol. The van der Waals surface area contributed by atoms with Crippen LogP contribution in [-0.4, -0.2) is 37.7 Å². The van der Waals surface area contributed by atoms with Gasteiger partial charge >= 0.3 is 11.9 Å². The van der Waals surface area contributed by atoms with Crippen molar-refractivity contribution in [2.75, 3.05) is 25.1 Å². The molecule has 1 aromatic heterocycles. The van der Waals surface area contributed by atoms with Crippen LogP contribution in [0, 0.1) is 12.8 Å². The molecule has 0 atom stereocenters. The molecule has 0 aliphatic carbocycles. The number of amides is 1. The number of anilines is 1. The molecule has 1 N–H and O–H groups in total. The van der Waals surface area contributed by atoms with Crippen molar-refractivity contribution >= 4 is 34.2 Å². The molecule has 0 saturated carbocycles. The first kappa shape index (κ1) is 23.4. The zero-order chi connectivity index (χ0) is 22.3. The topological polar surface area (TPSA) is 90.9 Å². The number of thiophene rings is 1. The van der Waals surface area contributed by atoms with Gasteiger partial charge in [-0.05, 0) is 56.5 Å². The Morgan fingerprint density at radius 3 is 2.17 bits per heavy atom. The molecule has 0 spiro atoms. The van der Waals surface area contributed by atoms with Crippen LogP contribution in [0.2, 0.25) is 0 Å². The highest BCUT2D eigenvalue weighted by atomic mass is 32.1. The monoisotopic (exact) mass is 433 g/mol. The van der Waals surface area contributed by atoms with Gasteiger partial charge in [-0.2, -0.15) is 0 Å². The van der Waals surface area contributed by atoms with Gasteiger partial charge in [0, 0.05) is 5.56 Å². The minimum absolute atomic E-state index is 0.162. The van der Waals surface area contributed by atoms with E-state index in [2.05, 4.69) is 19.2 Å². The van der Waals surface area contributed by atoms with E-state index in [4.69, 9.17) is 14.2 Å². The van der Waals surface area contributed by atoms with Gasteiger partial charge < -0.3 is 19.5 Å². The molecule has 1 heterocycles. The Morgan fingerprint density at radius 1 is 1.00 bits per heavy atom. The summed E-state index contributed by atoms with van der Waals surface area (Å²) in [5, 5.41) is 2.97. The first-order valence-corrected chi connectivity index (χ1v) is 10.6. The van der Waals surface area contributed by atoms with Crippen molar-refractivity contribution in [1.29, 1.82) is 0 Å². The second kappa shape index (κ2) is 10.8. The number of esters is 2. The molecule has 0 aliphatic heterocycles. The number of nitrogens with one attached hydrogen (secondary N) is 1. The van der Waals surface area contributed by atoms with Gasteiger partial charge in [-0.25, -0.2) is 9.59 Å². The highest BCUT2D eigenvalue weighted by molar-refractivity contribution is 7.18. The average Bonchev–Trinajstić information content (AvgIpc) is 3.03. The molecule has 162 valence electrons. The Bertz CT molecular complexity index is 901. The molecule has 0 radical (unpaired) electrons. The average molecular weight is 434 g/mol. The first-order valence-electron chi connectivity index (χ1n) is 9.80. The third-order valence-electron chi connectivity index (χ3n) is 4.01. The summed E-state index contributed by atoms with van der Waals surface area (Å²) >= 11 is 0.994. The van der Waals surface area contributed by atoms with Gasteiger partial charge in [0.15, 0.2) is 0 Å². The lowest BCUT2D eigenvalue weighted by molar-refractivity contribution is 0.0527. The molecular formula is C22H27NO6S. The fourth-order valence-electron chi connectivity index (χ4n) is 2.58. The van der Waals surface area contributed by atoms with Crippen molar-refractivity contribution in [1.82, 2.24) is 0 Å². The molecule has 0 aliphatic rings. The summed E-state index contributed by atoms with van der Waals surface area (Å²) in [5.41, 5.74) is 0.977. The minimum atomic E-state index is -0.602. The molecule has 2 rings (SSSR count). The van der Waals surface area contributed by atoms with Crippen molar-refractivity contribution in [3.05, 3.63) is 45.8 Å². The molecule has 8 heteroatoms. The number of benzene rings is 1. The summed E-state index contributed by atoms with van der Waals surface area (Å²) in [6.07, 6.45) is 0. The van der Waals surface area contributed by atoms with Crippen LogP contribution < -0.4 is 10.1 Å². The SMILES string of the molecule is CCOC(=O)c1sc(NC(=O)c2ccc(OCC(C)C)cc2)c(C(=O)OCC)c1C. The molecule has 30 heavy (non-hydrogen) atoms. The highest BCUT2D eigenvalue weighted by Gasteiger charge is 2.27. The second-order valence-corrected chi connectivity index (χ2v) is 7.91. The van der Waals surface area contributed by atoms with Crippen molar-refractivity contribution in [2.24, 2.45) is 5.92 Å². The number of ether oxygens (including phenoxy) is 3. The smallest absolute Gasteiger partial charge is 0.348 e. The minimum Gasteiger partial charge on any atom is -0.493 e. The quantitative estimate of drug-likeness (QED) is 0.577. The fraction of sp³-hybridized carbons (Fsp3) is 0.409. The number of hydrogen-bond donors (Lipinski definition) is 1. The number of carbonyl (C=O) groups excluding carboxylic acids is 3. The van der Waals surface area contributed by atoms with Crippen molar-refractivity contribution < 1.29 is 28.6 Å². The maximum absolute atomic E-state index is 12.7. The predicted molar refractivity (Wildman–Crippen MR) is 116 cm³/mol. The Morgan fingerprint density at radius 2 is 1.60 bits per heavy atom. The largest absolute Gasteiger partial charge is 0.493 e. The maximum atomic E-state index is 12.7. The molecule has 0 fully saturated rings. The standard InChI is InChI=1S/C22H27NO6S/c1-6-27-21(25)17-14(5)18(22(26)28-7-2)30-20(17)23-19(24)15-8-10-16(11-9-15)29-12-13(3)4/h8-11,13H,6-7,12H2,1-5H3,(H,23,24). The van der Waals surface area contributed by atoms with Crippen molar-refractivity contribution in [3.8, 4) is 5.75 Å². The Balaban J connectivity index is 2.27. The van der Waals surface area contributed by atoms with E-state index in [1.807, 2.05) is 0 Å². The fourth-order valence-corrected chi connectivity index (χ4v) is 3.67. The molecule has 0 bridgehead atoms. The Kier molecular flexibility index (Phi) is 8.41. The Labute approximate surface area is 180 Å². The van der Waals surface area contributed by atoms with Gasteiger partial charge in [0.1, 0.15) is 15.6 Å². The predicted octanol–water partition coefficient (Wildman–Crippen LogP) is 4.70. The van der Waals surface area contributed by atoms with Crippen LogP contribution in [0.1, 0.15) is 63.6 Å². The molecule has 1 aromatic carbocycles. The summed E-state index contributed by atoms with van der Waals surface area (Å²) in [7, 11) is 0. The maximum Gasteiger partial charge on any atom is 0.348 e. The third kappa shape index (κ3) is 5.82. The van der Waals surface area contributed by atoms with Crippen LogP contribution >= 0.6 is 11.3 Å². The summed E-state index contributed by atoms with van der Waals surface area (Å²) < 4.78 is 15.8. The van der Waals surface area contributed by atoms with Crippen LogP contribution in [0.15, 0.2) is 24.3 Å².